The van der Waals surface area contributed by atoms with E-state index in [1.54, 1.807) is 12.0 Å². The van der Waals surface area contributed by atoms with Gasteiger partial charge in [-0.05, 0) is 19.9 Å². The zero-order chi connectivity index (χ0) is 10.1. The van der Waals surface area contributed by atoms with Crippen molar-refractivity contribution >= 4 is 5.91 Å². The maximum absolute atomic E-state index is 11.5. The minimum atomic E-state index is 0.171. The van der Waals surface area contributed by atoms with Gasteiger partial charge >= 0.3 is 0 Å². The topological polar surface area (TPSA) is 55.6 Å². The van der Waals surface area contributed by atoms with E-state index in [-0.39, 0.29) is 5.91 Å². The number of nitrogens with zero attached hydrogens (tertiary/aromatic N) is 1. The molecule has 0 rings (SSSR count). The minimum absolute atomic E-state index is 0.171. The van der Waals surface area contributed by atoms with E-state index in [1.807, 2.05) is 6.92 Å². The van der Waals surface area contributed by atoms with Gasteiger partial charge in [0.25, 0.3) is 0 Å². The molecule has 78 valence electrons. The lowest BCUT2D eigenvalue weighted by molar-refractivity contribution is -0.131. The summed E-state index contributed by atoms with van der Waals surface area (Å²) in [6, 6.07) is 0. The number of rotatable bonds is 7. The molecule has 4 heteroatoms. The maximum atomic E-state index is 11.5. The summed E-state index contributed by atoms with van der Waals surface area (Å²) in [6.45, 7) is 4.56. The van der Waals surface area contributed by atoms with Crippen molar-refractivity contribution in [1.82, 2.24) is 4.90 Å². The standard InChI is InChI=1S/C9H20N2O2/c1-3-11(7-8-13-2)9(12)5-4-6-10/h3-8,10H2,1-2H3. The first-order valence-electron chi connectivity index (χ1n) is 4.73. The fourth-order valence-electron chi connectivity index (χ4n) is 1.07. The number of hydrogen-bond donors (Lipinski definition) is 1. The van der Waals surface area contributed by atoms with Crippen molar-refractivity contribution < 1.29 is 9.53 Å². The van der Waals surface area contributed by atoms with Crippen molar-refractivity contribution in [3.63, 3.8) is 0 Å². The van der Waals surface area contributed by atoms with Gasteiger partial charge in [-0.25, -0.2) is 0 Å². The highest BCUT2D eigenvalue weighted by molar-refractivity contribution is 5.76. The second kappa shape index (κ2) is 8.01. The Hall–Kier alpha value is -0.610. The third-order valence-electron chi connectivity index (χ3n) is 1.89. The molecule has 0 saturated carbocycles. The van der Waals surface area contributed by atoms with E-state index in [0.717, 1.165) is 13.0 Å². The average Bonchev–Trinajstić information content (AvgIpc) is 2.16. The lowest BCUT2D eigenvalue weighted by Crippen LogP contribution is -2.33. The smallest absolute Gasteiger partial charge is 0.222 e. The lowest BCUT2D eigenvalue weighted by Gasteiger charge is -2.20. The van der Waals surface area contributed by atoms with Crippen molar-refractivity contribution in [1.29, 1.82) is 0 Å². The minimum Gasteiger partial charge on any atom is -0.383 e. The third-order valence-corrected chi connectivity index (χ3v) is 1.89. The van der Waals surface area contributed by atoms with Crippen LogP contribution in [0.15, 0.2) is 0 Å². The SMILES string of the molecule is CCN(CCOC)C(=O)CCCN. The summed E-state index contributed by atoms with van der Waals surface area (Å²) in [4.78, 5) is 13.2. The maximum Gasteiger partial charge on any atom is 0.222 e. The summed E-state index contributed by atoms with van der Waals surface area (Å²) in [6.07, 6.45) is 1.32. The summed E-state index contributed by atoms with van der Waals surface area (Å²) in [5.74, 6) is 0.171. The molecule has 0 fully saturated rings. The van der Waals surface area contributed by atoms with Crippen molar-refractivity contribution in [2.75, 3.05) is 33.4 Å². The summed E-state index contributed by atoms with van der Waals surface area (Å²) < 4.78 is 4.91. The van der Waals surface area contributed by atoms with Crippen LogP contribution in [-0.4, -0.2) is 44.2 Å². The van der Waals surface area contributed by atoms with Crippen LogP contribution in [0.3, 0.4) is 0 Å². The Labute approximate surface area is 80.0 Å². The highest BCUT2D eigenvalue weighted by Crippen LogP contribution is 1.96. The van der Waals surface area contributed by atoms with Crippen molar-refractivity contribution in [3.05, 3.63) is 0 Å². The molecule has 4 nitrogen and oxygen atoms in total. The second-order valence-corrected chi connectivity index (χ2v) is 2.86. The van der Waals surface area contributed by atoms with Crippen LogP contribution < -0.4 is 5.73 Å². The summed E-state index contributed by atoms with van der Waals surface area (Å²) >= 11 is 0. The fourth-order valence-corrected chi connectivity index (χ4v) is 1.07. The third kappa shape index (κ3) is 5.60. The second-order valence-electron chi connectivity index (χ2n) is 2.86. The van der Waals surface area contributed by atoms with Crippen LogP contribution in [0.2, 0.25) is 0 Å². The molecule has 0 aromatic heterocycles. The normalized spacial score (nSPS) is 10.1. The summed E-state index contributed by atoms with van der Waals surface area (Å²) in [7, 11) is 1.64. The Morgan fingerprint density at radius 1 is 1.54 bits per heavy atom. The fraction of sp³-hybridized carbons (Fsp3) is 0.889. The number of methoxy groups -OCH3 is 1. The number of amides is 1. The summed E-state index contributed by atoms with van der Waals surface area (Å²) in [5.41, 5.74) is 5.32. The first-order valence-corrected chi connectivity index (χ1v) is 4.73. The molecule has 0 spiro atoms. The number of carbonyl (C=O) groups is 1. The highest BCUT2D eigenvalue weighted by Gasteiger charge is 2.09. The van der Waals surface area contributed by atoms with Crippen molar-refractivity contribution in [3.8, 4) is 0 Å². The van der Waals surface area contributed by atoms with E-state index >= 15 is 0 Å². The van der Waals surface area contributed by atoms with E-state index in [0.29, 0.717) is 26.1 Å². The van der Waals surface area contributed by atoms with Crippen molar-refractivity contribution in [2.45, 2.75) is 19.8 Å². The Morgan fingerprint density at radius 2 is 2.23 bits per heavy atom. The molecule has 0 aliphatic carbocycles. The van der Waals surface area contributed by atoms with Gasteiger partial charge in [-0.2, -0.15) is 0 Å². The highest BCUT2D eigenvalue weighted by atomic mass is 16.5. The lowest BCUT2D eigenvalue weighted by atomic mass is 10.3. The molecule has 0 heterocycles. The van der Waals surface area contributed by atoms with Gasteiger partial charge in [0.05, 0.1) is 6.61 Å². The first kappa shape index (κ1) is 12.4. The number of carbonyl (C=O) groups excluding carboxylic acids is 1. The van der Waals surface area contributed by atoms with E-state index < -0.39 is 0 Å². The van der Waals surface area contributed by atoms with E-state index in [1.165, 1.54) is 0 Å². The van der Waals surface area contributed by atoms with Gasteiger partial charge in [0.2, 0.25) is 5.91 Å². The van der Waals surface area contributed by atoms with E-state index in [2.05, 4.69) is 0 Å². The molecule has 13 heavy (non-hydrogen) atoms. The van der Waals surface area contributed by atoms with Gasteiger partial charge in [-0.3, -0.25) is 4.79 Å². The predicted molar refractivity (Wildman–Crippen MR) is 52.4 cm³/mol. The molecule has 1 amide bonds. The number of hydrogen-bond acceptors (Lipinski definition) is 3. The quantitative estimate of drug-likeness (QED) is 0.622. The Balaban J connectivity index is 3.71. The molecule has 0 radical (unpaired) electrons. The first-order chi connectivity index (χ1) is 6.26. The molecule has 0 bridgehead atoms. The molecule has 0 aliphatic rings. The monoisotopic (exact) mass is 188 g/mol. The molecule has 0 aromatic rings. The van der Waals surface area contributed by atoms with Gasteiger partial charge in [0, 0.05) is 26.6 Å². The molecule has 0 atom stereocenters. The van der Waals surface area contributed by atoms with Crippen molar-refractivity contribution in [2.24, 2.45) is 5.73 Å². The molecule has 0 aliphatic heterocycles. The average molecular weight is 188 g/mol. The van der Waals surface area contributed by atoms with Gasteiger partial charge in [0.1, 0.15) is 0 Å². The van der Waals surface area contributed by atoms with Gasteiger partial charge in [-0.15, -0.1) is 0 Å². The molecule has 0 unspecified atom stereocenters. The van der Waals surface area contributed by atoms with Crippen LogP contribution in [0.4, 0.5) is 0 Å². The van der Waals surface area contributed by atoms with Gasteiger partial charge < -0.3 is 15.4 Å². The predicted octanol–water partition coefficient (Wildman–Crippen LogP) is 0.220. The molecule has 2 N–H and O–H groups in total. The van der Waals surface area contributed by atoms with Crippen LogP contribution in [0.5, 0.6) is 0 Å². The van der Waals surface area contributed by atoms with Gasteiger partial charge in [0.15, 0.2) is 0 Å². The van der Waals surface area contributed by atoms with Gasteiger partial charge in [-0.1, -0.05) is 0 Å². The molecular weight excluding hydrogens is 168 g/mol. The zero-order valence-electron chi connectivity index (χ0n) is 8.58. The Morgan fingerprint density at radius 3 is 2.69 bits per heavy atom. The molecule has 0 saturated heterocycles. The van der Waals surface area contributed by atoms with E-state index in [9.17, 15) is 4.79 Å². The van der Waals surface area contributed by atoms with Crippen LogP contribution in [-0.2, 0) is 9.53 Å². The van der Waals surface area contributed by atoms with E-state index in [4.69, 9.17) is 10.5 Å². The Bertz CT molecular complexity index is 140. The number of nitrogens with two attached hydrogens (primary N) is 1. The molecular formula is C9H20N2O2. The molecule has 0 aromatic carbocycles. The largest absolute Gasteiger partial charge is 0.383 e. The zero-order valence-corrected chi connectivity index (χ0v) is 8.58. The van der Waals surface area contributed by atoms with Crippen LogP contribution >= 0.6 is 0 Å². The van der Waals surface area contributed by atoms with Crippen LogP contribution in [0.1, 0.15) is 19.8 Å². The van der Waals surface area contributed by atoms with Crippen LogP contribution in [0, 0.1) is 0 Å². The number of likely N-dealkylation sites (N-methyl/N-ethyl adjacent to an activating group) is 1. The number of ether oxygens (including phenoxy) is 1. The van der Waals surface area contributed by atoms with Crippen LogP contribution in [0.25, 0.3) is 0 Å². The summed E-state index contributed by atoms with van der Waals surface area (Å²) in [5, 5.41) is 0. The Kier molecular flexibility index (Phi) is 7.63.